The van der Waals surface area contributed by atoms with Crippen LogP contribution < -0.4 is 5.32 Å². The highest BCUT2D eigenvalue weighted by atomic mass is 35.5. The maximum Gasteiger partial charge on any atom is 0.416 e. The van der Waals surface area contributed by atoms with E-state index in [9.17, 15) is 13.2 Å². The van der Waals surface area contributed by atoms with Crippen molar-refractivity contribution in [3.63, 3.8) is 0 Å². The first-order chi connectivity index (χ1) is 14.9. The largest absolute Gasteiger partial charge is 0.416 e. The van der Waals surface area contributed by atoms with Crippen LogP contribution in [0.3, 0.4) is 0 Å². The minimum atomic E-state index is -4.36. The number of hydrogen-bond donors (Lipinski definition) is 1. The SMILES string of the molecule is FC(F)(F)c1ccc(N=Nc2cc3sc(-c4ccc(NCCCCl)cc4)nc3s2)cc1. The summed E-state index contributed by atoms with van der Waals surface area (Å²) in [6.07, 6.45) is -3.46. The van der Waals surface area contributed by atoms with Gasteiger partial charge in [0.2, 0.25) is 0 Å². The number of aromatic nitrogens is 1. The number of halogens is 4. The van der Waals surface area contributed by atoms with Gasteiger partial charge in [0.05, 0.1) is 16.0 Å². The zero-order valence-electron chi connectivity index (χ0n) is 16.0. The van der Waals surface area contributed by atoms with Crippen LogP contribution in [0.15, 0.2) is 64.8 Å². The van der Waals surface area contributed by atoms with E-state index in [1.165, 1.54) is 23.5 Å². The topological polar surface area (TPSA) is 49.6 Å². The summed E-state index contributed by atoms with van der Waals surface area (Å²) in [4.78, 5) is 5.53. The van der Waals surface area contributed by atoms with Crippen molar-refractivity contribution in [3.8, 4) is 10.6 Å². The van der Waals surface area contributed by atoms with Crippen molar-refractivity contribution in [3.05, 3.63) is 60.2 Å². The van der Waals surface area contributed by atoms with Crippen LogP contribution in [-0.4, -0.2) is 17.4 Å². The van der Waals surface area contributed by atoms with Gasteiger partial charge in [0.25, 0.3) is 0 Å². The molecular weight excluding hydrogens is 465 g/mol. The first-order valence-electron chi connectivity index (χ1n) is 9.32. The Kier molecular flexibility index (Phi) is 6.54. The second-order valence-corrected chi connectivity index (χ2v) is 8.98. The summed E-state index contributed by atoms with van der Waals surface area (Å²) in [6.45, 7) is 0.833. The Balaban J connectivity index is 1.44. The van der Waals surface area contributed by atoms with Crippen LogP contribution in [0.25, 0.3) is 20.1 Å². The fourth-order valence-corrected chi connectivity index (χ4v) is 4.92. The molecule has 2 aromatic carbocycles. The number of azo groups is 1. The first-order valence-corrected chi connectivity index (χ1v) is 11.5. The van der Waals surface area contributed by atoms with Gasteiger partial charge in [-0.2, -0.15) is 13.2 Å². The van der Waals surface area contributed by atoms with Crippen molar-refractivity contribution in [2.45, 2.75) is 12.6 Å². The molecule has 0 bridgehead atoms. The summed E-state index contributed by atoms with van der Waals surface area (Å²) in [5.41, 5.74) is 1.72. The van der Waals surface area contributed by atoms with E-state index in [1.54, 1.807) is 11.3 Å². The number of hydrogen-bond acceptors (Lipinski definition) is 6. The van der Waals surface area contributed by atoms with Crippen LogP contribution in [0.1, 0.15) is 12.0 Å². The second-order valence-electron chi connectivity index (χ2n) is 6.56. The fourth-order valence-electron chi connectivity index (χ4n) is 2.75. The number of thiazole rings is 1. The lowest BCUT2D eigenvalue weighted by Gasteiger charge is -2.05. The number of nitrogens with zero attached hydrogens (tertiary/aromatic N) is 3. The summed E-state index contributed by atoms with van der Waals surface area (Å²) < 4.78 is 38.9. The van der Waals surface area contributed by atoms with Gasteiger partial charge in [0, 0.05) is 23.7 Å². The van der Waals surface area contributed by atoms with Crippen molar-refractivity contribution >= 4 is 60.2 Å². The average molecular weight is 481 g/mol. The maximum absolute atomic E-state index is 12.6. The van der Waals surface area contributed by atoms with Crippen LogP contribution >= 0.6 is 34.3 Å². The molecule has 31 heavy (non-hydrogen) atoms. The fraction of sp³-hybridized carbons (Fsp3) is 0.190. The smallest absolute Gasteiger partial charge is 0.385 e. The number of thiophene rings is 1. The molecule has 0 aliphatic rings. The Bertz CT molecular complexity index is 1150. The molecule has 10 heteroatoms. The van der Waals surface area contributed by atoms with Crippen LogP contribution in [-0.2, 0) is 6.18 Å². The monoisotopic (exact) mass is 480 g/mol. The Morgan fingerprint density at radius 1 is 0.968 bits per heavy atom. The Morgan fingerprint density at radius 3 is 2.35 bits per heavy atom. The van der Waals surface area contributed by atoms with Gasteiger partial charge in [-0.3, -0.25) is 0 Å². The summed E-state index contributed by atoms with van der Waals surface area (Å²) in [6, 6.07) is 14.6. The molecule has 0 saturated carbocycles. The number of benzene rings is 2. The molecule has 4 aromatic rings. The second kappa shape index (κ2) is 9.33. The van der Waals surface area contributed by atoms with Crippen LogP contribution in [0.4, 0.5) is 29.5 Å². The molecule has 0 aliphatic heterocycles. The van der Waals surface area contributed by atoms with Crippen molar-refractivity contribution < 1.29 is 13.2 Å². The highest BCUT2D eigenvalue weighted by Crippen LogP contribution is 2.39. The van der Waals surface area contributed by atoms with E-state index < -0.39 is 11.7 Å². The van der Waals surface area contributed by atoms with Gasteiger partial charge < -0.3 is 5.32 Å². The highest BCUT2D eigenvalue weighted by Gasteiger charge is 2.29. The lowest BCUT2D eigenvalue weighted by Crippen LogP contribution is -2.03. The Morgan fingerprint density at radius 2 is 1.71 bits per heavy atom. The van der Waals surface area contributed by atoms with E-state index >= 15 is 0 Å². The van der Waals surface area contributed by atoms with Gasteiger partial charge in [0.1, 0.15) is 14.8 Å². The summed E-state index contributed by atoms with van der Waals surface area (Å²) in [7, 11) is 0. The third kappa shape index (κ3) is 5.41. The third-order valence-corrected chi connectivity index (χ3v) is 6.67. The van der Waals surface area contributed by atoms with Crippen LogP contribution in [0.5, 0.6) is 0 Å². The molecule has 4 rings (SSSR count). The molecule has 0 atom stereocenters. The normalized spacial score (nSPS) is 12.1. The number of fused-ring (bicyclic) bond motifs is 1. The molecule has 0 spiro atoms. The standard InChI is InChI=1S/C21H16ClF3N4S2/c22-10-1-11-26-15-6-2-13(3-7-15)19-27-20-17(30-19)12-18(31-20)29-28-16-8-4-14(5-9-16)21(23,24)25/h2-9,12,26H,1,10-11H2. The molecule has 4 nitrogen and oxygen atoms in total. The van der Waals surface area contributed by atoms with Gasteiger partial charge in [0.15, 0.2) is 0 Å². The quantitative estimate of drug-likeness (QED) is 0.164. The molecular formula is C21H16ClF3N4S2. The van der Waals surface area contributed by atoms with Crippen molar-refractivity contribution in [2.75, 3.05) is 17.7 Å². The van der Waals surface area contributed by atoms with E-state index in [0.717, 1.165) is 50.9 Å². The number of anilines is 1. The van der Waals surface area contributed by atoms with Crippen molar-refractivity contribution in [1.29, 1.82) is 0 Å². The molecule has 0 aliphatic carbocycles. The van der Waals surface area contributed by atoms with Crippen molar-refractivity contribution in [2.24, 2.45) is 10.2 Å². The molecule has 0 saturated heterocycles. The molecule has 0 fully saturated rings. The van der Waals surface area contributed by atoms with Crippen LogP contribution in [0.2, 0.25) is 0 Å². The third-order valence-electron chi connectivity index (χ3n) is 4.31. The summed E-state index contributed by atoms with van der Waals surface area (Å²) >= 11 is 8.64. The predicted octanol–water partition coefficient (Wildman–Crippen LogP) is 8.50. The lowest BCUT2D eigenvalue weighted by molar-refractivity contribution is -0.137. The number of nitrogens with one attached hydrogen (secondary N) is 1. The number of rotatable bonds is 7. The molecule has 2 aromatic heterocycles. The van der Waals surface area contributed by atoms with Gasteiger partial charge in [-0.15, -0.1) is 33.2 Å². The highest BCUT2D eigenvalue weighted by molar-refractivity contribution is 7.30. The zero-order valence-corrected chi connectivity index (χ0v) is 18.4. The predicted molar refractivity (Wildman–Crippen MR) is 122 cm³/mol. The van der Waals surface area contributed by atoms with E-state index in [-0.39, 0.29) is 0 Å². The minimum Gasteiger partial charge on any atom is -0.385 e. The first kappa shape index (κ1) is 21.7. The summed E-state index contributed by atoms with van der Waals surface area (Å²) in [5.74, 6) is 0.632. The molecule has 0 amide bonds. The van der Waals surface area contributed by atoms with Crippen LogP contribution in [0, 0.1) is 0 Å². The minimum absolute atomic E-state index is 0.359. The molecule has 0 unspecified atom stereocenters. The van der Waals surface area contributed by atoms with Gasteiger partial charge in [-0.05, 0) is 61.0 Å². The van der Waals surface area contributed by atoms with Gasteiger partial charge in [-0.1, -0.05) is 11.3 Å². The van der Waals surface area contributed by atoms with E-state index in [1.807, 2.05) is 30.3 Å². The molecule has 160 valence electrons. The van der Waals surface area contributed by atoms with E-state index in [0.29, 0.717) is 16.6 Å². The lowest BCUT2D eigenvalue weighted by atomic mass is 10.2. The molecule has 1 N–H and O–H groups in total. The summed E-state index contributed by atoms with van der Waals surface area (Å²) in [5, 5.41) is 13.0. The van der Waals surface area contributed by atoms with E-state index in [2.05, 4.69) is 20.5 Å². The zero-order chi connectivity index (χ0) is 21.8. The van der Waals surface area contributed by atoms with Crippen molar-refractivity contribution in [1.82, 2.24) is 4.98 Å². The van der Waals surface area contributed by atoms with Gasteiger partial charge in [-0.25, -0.2) is 4.98 Å². The maximum atomic E-state index is 12.6. The average Bonchev–Trinajstić information content (AvgIpc) is 3.32. The van der Waals surface area contributed by atoms with Gasteiger partial charge >= 0.3 is 6.18 Å². The Labute approximate surface area is 189 Å². The number of alkyl halides is 4. The molecule has 0 radical (unpaired) electrons. The molecule has 2 heterocycles. The Hall–Kier alpha value is -2.49. The van der Waals surface area contributed by atoms with E-state index in [4.69, 9.17) is 11.6 Å².